The highest BCUT2D eigenvalue weighted by atomic mass is 16.5. The summed E-state index contributed by atoms with van der Waals surface area (Å²) in [6.07, 6.45) is 0. The first-order valence-electron chi connectivity index (χ1n) is 7.23. The minimum absolute atomic E-state index is 0.0583. The van der Waals surface area contributed by atoms with Gasteiger partial charge < -0.3 is 21.5 Å². The van der Waals surface area contributed by atoms with E-state index < -0.39 is 12.0 Å². The molecule has 0 unspecified atom stereocenters. The lowest BCUT2D eigenvalue weighted by Gasteiger charge is -2.13. The van der Waals surface area contributed by atoms with Gasteiger partial charge in [0.15, 0.2) is 5.96 Å². The maximum atomic E-state index is 12.0. The van der Waals surface area contributed by atoms with E-state index >= 15 is 0 Å². The van der Waals surface area contributed by atoms with Crippen molar-refractivity contribution >= 4 is 23.5 Å². The van der Waals surface area contributed by atoms with Crippen LogP contribution in [-0.2, 0) is 4.79 Å². The molecule has 24 heavy (non-hydrogen) atoms. The molecule has 7 nitrogen and oxygen atoms in total. The molecule has 0 aliphatic carbocycles. The van der Waals surface area contributed by atoms with Crippen LogP contribution in [0.15, 0.2) is 59.6 Å². The molecule has 124 valence electrons. The molecule has 0 aromatic heterocycles. The van der Waals surface area contributed by atoms with Crippen molar-refractivity contribution in [2.24, 2.45) is 16.5 Å². The minimum atomic E-state index is -0.796. The summed E-state index contributed by atoms with van der Waals surface area (Å²) in [5.41, 5.74) is 11.6. The summed E-state index contributed by atoms with van der Waals surface area (Å²) in [6, 6.07) is 14.2. The Kier molecular flexibility index (Phi) is 5.51. The van der Waals surface area contributed by atoms with Gasteiger partial charge >= 0.3 is 5.97 Å². The van der Waals surface area contributed by atoms with E-state index in [1.165, 1.54) is 0 Å². The molecule has 5 N–H and O–H groups in total. The van der Waals surface area contributed by atoms with E-state index in [-0.39, 0.29) is 11.9 Å². The highest BCUT2D eigenvalue weighted by Crippen LogP contribution is 2.18. The SMILES string of the molecule is C[C@@H](NC(=O)c1ccccc1)C(=O)Oc1ccc(N=C(N)N)cc1. The van der Waals surface area contributed by atoms with Gasteiger partial charge in [-0.15, -0.1) is 0 Å². The van der Waals surface area contributed by atoms with Gasteiger partial charge in [-0.3, -0.25) is 4.79 Å². The molecule has 0 heterocycles. The van der Waals surface area contributed by atoms with Crippen LogP contribution in [0.3, 0.4) is 0 Å². The van der Waals surface area contributed by atoms with Gasteiger partial charge in [-0.25, -0.2) is 9.79 Å². The number of ether oxygens (including phenoxy) is 1. The monoisotopic (exact) mass is 326 g/mol. The van der Waals surface area contributed by atoms with Gasteiger partial charge in [0, 0.05) is 5.56 Å². The summed E-state index contributed by atoms with van der Waals surface area (Å²) in [4.78, 5) is 27.9. The summed E-state index contributed by atoms with van der Waals surface area (Å²) < 4.78 is 5.21. The second kappa shape index (κ2) is 7.77. The normalized spacial score (nSPS) is 11.2. The Bertz CT molecular complexity index is 738. The number of aliphatic imine (C=N–C) groups is 1. The predicted octanol–water partition coefficient (Wildman–Crippen LogP) is 1.32. The molecule has 0 fully saturated rings. The minimum Gasteiger partial charge on any atom is -0.425 e. The first kappa shape index (κ1) is 17.0. The number of benzene rings is 2. The fourth-order valence-electron chi connectivity index (χ4n) is 1.87. The average molecular weight is 326 g/mol. The van der Waals surface area contributed by atoms with Gasteiger partial charge in [0.1, 0.15) is 11.8 Å². The summed E-state index contributed by atoms with van der Waals surface area (Å²) in [7, 11) is 0. The Morgan fingerprint density at radius 1 is 1.04 bits per heavy atom. The molecule has 0 aliphatic rings. The van der Waals surface area contributed by atoms with E-state index in [0.29, 0.717) is 17.0 Å². The van der Waals surface area contributed by atoms with E-state index in [0.717, 1.165) is 0 Å². The van der Waals surface area contributed by atoms with Gasteiger partial charge in [0.2, 0.25) is 0 Å². The number of amides is 1. The standard InChI is InChI=1S/C17H18N4O3/c1-11(20-15(22)12-5-3-2-4-6-12)16(23)24-14-9-7-13(8-10-14)21-17(18)19/h2-11H,1H3,(H,20,22)(H4,18,19,21)/t11-/m1/s1. The number of esters is 1. The van der Waals surface area contributed by atoms with E-state index in [1.54, 1.807) is 61.5 Å². The number of nitrogens with two attached hydrogens (primary N) is 2. The van der Waals surface area contributed by atoms with Crippen LogP contribution in [0.2, 0.25) is 0 Å². The molecule has 0 saturated heterocycles. The van der Waals surface area contributed by atoms with Gasteiger partial charge in [0.25, 0.3) is 5.91 Å². The molecule has 2 rings (SSSR count). The van der Waals surface area contributed by atoms with Crippen LogP contribution in [-0.4, -0.2) is 23.9 Å². The van der Waals surface area contributed by atoms with E-state index in [1.807, 2.05) is 0 Å². The highest BCUT2D eigenvalue weighted by Gasteiger charge is 2.18. The van der Waals surface area contributed by atoms with Gasteiger partial charge in [-0.1, -0.05) is 18.2 Å². The summed E-state index contributed by atoms with van der Waals surface area (Å²) in [5, 5.41) is 2.59. The molecular weight excluding hydrogens is 308 g/mol. The predicted molar refractivity (Wildman–Crippen MR) is 90.9 cm³/mol. The summed E-state index contributed by atoms with van der Waals surface area (Å²) in [6.45, 7) is 1.55. The van der Waals surface area contributed by atoms with Crippen molar-refractivity contribution in [3.8, 4) is 5.75 Å². The molecule has 2 aromatic rings. The molecule has 0 saturated carbocycles. The van der Waals surface area contributed by atoms with Gasteiger partial charge in [0.05, 0.1) is 5.69 Å². The van der Waals surface area contributed by atoms with Crippen LogP contribution >= 0.6 is 0 Å². The van der Waals surface area contributed by atoms with Crippen molar-refractivity contribution < 1.29 is 14.3 Å². The summed E-state index contributed by atoms with van der Waals surface area (Å²) >= 11 is 0. The Morgan fingerprint density at radius 2 is 1.67 bits per heavy atom. The van der Waals surface area contributed by atoms with Gasteiger partial charge in [-0.2, -0.15) is 0 Å². The number of nitrogens with one attached hydrogen (secondary N) is 1. The number of rotatable bonds is 5. The van der Waals surface area contributed by atoms with E-state index in [2.05, 4.69) is 10.3 Å². The first-order valence-corrected chi connectivity index (χ1v) is 7.23. The Labute approximate surface area is 139 Å². The zero-order chi connectivity index (χ0) is 17.5. The molecular formula is C17H18N4O3. The van der Waals surface area contributed by atoms with Crippen LogP contribution in [0.25, 0.3) is 0 Å². The third-order valence-corrected chi connectivity index (χ3v) is 3.05. The lowest BCUT2D eigenvalue weighted by atomic mass is 10.2. The van der Waals surface area contributed by atoms with Crippen molar-refractivity contribution in [2.45, 2.75) is 13.0 Å². The molecule has 1 amide bonds. The molecule has 0 radical (unpaired) electrons. The van der Waals surface area contributed by atoms with Gasteiger partial charge in [-0.05, 0) is 43.3 Å². The van der Waals surface area contributed by atoms with Crippen LogP contribution in [0.4, 0.5) is 5.69 Å². The van der Waals surface area contributed by atoms with Crippen molar-refractivity contribution in [2.75, 3.05) is 0 Å². The second-order valence-corrected chi connectivity index (χ2v) is 5.01. The smallest absolute Gasteiger partial charge is 0.333 e. The number of carbonyl (C=O) groups excluding carboxylic acids is 2. The second-order valence-electron chi connectivity index (χ2n) is 5.01. The van der Waals surface area contributed by atoms with Crippen molar-refractivity contribution in [3.63, 3.8) is 0 Å². The number of carbonyl (C=O) groups is 2. The largest absolute Gasteiger partial charge is 0.425 e. The topological polar surface area (TPSA) is 120 Å². The quantitative estimate of drug-likeness (QED) is 0.331. The lowest BCUT2D eigenvalue weighted by molar-refractivity contribution is -0.136. The Balaban J connectivity index is 1.94. The first-order chi connectivity index (χ1) is 11.5. The molecule has 7 heteroatoms. The maximum absolute atomic E-state index is 12.0. The Hall–Kier alpha value is -3.35. The van der Waals surface area contributed by atoms with Crippen LogP contribution in [0.5, 0.6) is 5.75 Å². The molecule has 1 atom stereocenters. The maximum Gasteiger partial charge on any atom is 0.333 e. The molecule has 0 spiro atoms. The number of hydrogen-bond acceptors (Lipinski definition) is 4. The van der Waals surface area contributed by atoms with Crippen molar-refractivity contribution in [1.29, 1.82) is 0 Å². The number of hydrogen-bond donors (Lipinski definition) is 3. The zero-order valence-electron chi connectivity index (χ0n) is 13.1. The molecule has 0 aliphatic heterocycles. The van der Waals surface area contributed by atoms with E-state index in [4.69, 9.17) is 16.2 Å². The average Bonchev–Trinajstić information content (AvgIpc) is 2.56. The molecule has 0 bridgehead atoms. The van der Waals surface area contributed by atoms with E-state index in [9.17, 15) is 9.59 Å². The third-order valence-electron chi connectivity index (χ3n) is 3.05. The van der Waals surface area contributed by atoms with Crippen LogP contribution in [0, 0.1) is 0 Å². The van der Waals surface area contributed by atoms with Crippen molar-refractivity contribution in [3.05, 3.63) is 60.2 Å². The number of guanidine groups is 1. The lowest BCUT2D eigenvalue weighted by Crippen LogP contribution is -2.40. The third kappa shape index (κ3) is 4.84. The summed E-state index contributed by atoms with van der Waals surface area (Å²) in [5.74, 6) is -0.649. The fourth-order valence-corrected chi connectivity index (χ4v) is 1.87. The van der Waals surface area contributed by atoms with Crippen LogP contribution in [0.1, 0.15) is 17.3 Å². The Morgan fingerprint density at radius 3 is 2.25 bits per heavy atom. The van der Waals surface area contributed by atoms with Crippen molar-refractivity contribution in [1.82, 2.24) is 5.32 Å². The highest BCUT2D eigenvalue weighted by molar-refractivity contribution is 5.96. The molecule has 2 aromatic carbocycles. The number of nitrogens with zero attached hydrogens (tertiary/aromatic N) is 1. The van der Waals surface area contributed by atoms with Crippen LogP contribution < -0.4 is 21.5 Å². The fraction of sp³-hybridized carbons (Fsp3) is 0.118. The zero-order valence-corrected chi connectivity index (χ0v) is 13.1.